The molecule has 1 heterocycles. The number of rotatable bonds is 2. The topological polar surface area (TPSA) is 24.6 Å². The van der Waals surface area contributed by atoms with Crippen LogP contribution < -0.4 is 4.74 Å². The predicted molar refractivity (Wildman–Crippen MR) is 107 cm³/mol. The second kappa shape index (κ2) is 6.66. The third-order valence-electron chi connectivity index (χ3n) is 3.96. The first-order chi connectivity index (χ1) is 10.6. The van der Waals surface area contributed by atoms with Gasteiger partial charge in [-0.1, -0.05) is 4.70 Å². The van der Waals surface area contributed by atoms with Gasteiger partial charge in [0.2, 0.25) is 5.69 Å². The van der Waals surface area contributed by atoms with E-state index in [-0.39, 0.29) is 5.54 Å². The molecule has 0 aromatic heterocycles. The molecular weight excluding hydrogens is 547 g/mol. The summed E-state index contributed by atoms with van der Waals surface area (Å²) < 4.78 is 7.42. The summed E-state index contributed by atoms with van der Waals surface area (Å²) in [7, 11) is 26.7. The molecule has 1 aliphatic heterocycles. The van der Waals surface area contributed by atoms with Gasteiger partial charge < -0.3 is 4.74 Å². The molecular formula is C14H19Cl6N2OSb. The summed E-state index contributed by atoms with van der Waals surface area (Å²) in [6.45, 7) is 2.28. The van der Waals surface area contributed by atoms with Crippen LogP contribution in [0.4, 0.5) is 5.69 Å². The van der Waals surface area contributed by atoms with Crippen LogP contribution >= 0.6 is 53.0 Å². The Morgan fingerprint density at radius 3 is 2.12 bits per heavy atom. The molecule has 24 heavy (non-hydrogen) atoms. The molecule has 2 aliphatic rings. The average molecular weight is 566 g/mol. The van der Waals surface area contributed by atoms with E-state index >= 15 is 0 Å². The Labute approximate surface area is 162 Å². The summed E-state index contributed by atoms with van der Waals surface area (Å²) in [5.74, 6) is 0.905. The number of azo groups is 2. The second-order valence-corrected chi connectivity index (χ2v) is 63.2. The summed E-state index contributed by atoms with van der Waals surface area (Å²) in [5.41, 5.74) is 1.38. The average Bonchev–Trinajstić information content (AvgIpc) is 2.65. The third kappa shape index (κ3) is 7.82. The summed E-state index contributed by atoms with van der Waals surface area (Å²) in [5, 5.41) is 4.90. The number of ether oxygens (including phenoxy) is 1. The van der Waals surface area contributed by atoms with Crippen molar-refractivity contribution in [1.29, 1.82) is 0 Å². The van der Waals surface area contributed by atoms with Crippen molar-refractivity contribution in [2.45, 2.75) is 44.2 Å². The minimum atomic E-state index is -5.42. The van der Waals surface area contributed by atoms with Crippen molar-refractivity contribution in [3.63, 3.8) is 0 Å². The first-order valence-electron chi connectivity index (χ1n) is 7.38. The standard InChI is InChI=1S/C14H19N2O.6ClH.Sb/c1-14-9-3-4-12(10-14)16(15-14)11-5-7-13(17-2)8-6-11;;;;;;;/h5-8,12H,3-4,9-10H2,1-2H3;6*1H;/q+1;;;;;;;+5/p-6/t12-,14+;;;;;;;/m1......./s1. The van der Waals surface area contributed by atoms with Crippen LogP contribution in [0.1, 0.15) is 32.6 Å². The maximum absolute atomic E-state index is 5.42. The van der Waals surface area contributed by atoms with E-state index in [9.17, 15) is 0 Å². The van der Waals surface area contributed by atoms with Crippen molar-refractivity contribution in [2.75, 3.05) is 7.11 Å². The van der Waals surface area contributed by atoms with Crippen LogP contribution in [0, 0.1) is 0 Å². The zero-order valence-corrected chi connectivity index (χ0v) is 20.3. The van der Waals surface area contributed by atoms with Gasteiger partial charge in [-0.2, -0.15) is 0 Å². The molecule has 0 saturated heterocycles. The number of hydrogen-bond acceptors (Lipinski definition) is 2. The van der Waals surface area contributed by atoms with Gasteiger partial charge >= 0.3 is 62.1 Å². The molecule has 0 N–H and O–H groups in total. The van der Waals surface area contributed by atoms with Gasteiger partial charge in [0.05, 0.1) is 7.11 Å². The molecule has 0 spiro atoms. The first-order valence-corrected chi connectivity index (χ1v) is 26.8. The summed E-state index contributed by atoms with van der Waals surface area (Å²) in [4.78, 5) is 0. The third-order valence-corrected chi connectivity index (χ3v) is 3.96. The van der Waals surface area contributed by atoms with E-state index in [1.165, 1.54) is 31.4 Å². The van der Waals surface area contributed by atoms with E-state index < -0.39 is 9.14 Å². The van der Waals surface area contributed by atoms with Gasteiger partial charge in [-0.3, -0.25) is 0 Å². The van der Waals surface area contributed by atoms with Gasteiger partial charge in [-0.25, -0.2) is 0 Å². The van der Waals surface area contributed by atoms with Gasteiger partial charge in [0.15, 0.2) is 6.04 Å². The summed E-state index contributed by atoms with van der Waals surface area (Å²) in [6.07, 6.45) is 5.01. The Hall–Kier alpha value is 1.18. The molecule has 1 saturated carbocycles. The molecule has 3 rings (SSSR count). The van der Waals surface area contributed by atoms with Crippen LogP contribution in [0.2, 0.25) is 0 Å². The molecule has 1 aromatic rings. The Balaban J connectivity index is 0.000000256. The van der Waals surface area contributed by atoms with E-state index in [2.05, 4.69) is 23.8 Å². The van der Waals surface area contributed by atoms with Gasteiger partial charge in [0.25, 0.3) is 0 Å². The Bertz CT molecular complexity index is 632. The number of fused-ring (bicyclic) bond motifs is 2. The number of methoxy groups -OCH3 is 1. The van der Waals surface area contributed by atoms with Crippen molar-refractivity contribution in [1.82, 2.24) is 0 Å². The van der Waals surface area contributed by atoms with Crippen molar-refractivity contribution in [3.8, 4) is 5.75 Å². The fraction of sp³-hybridized carbons (Fsp3) is 0.571. The predicted octanol–water partition coefficient (Wildman–Crippen LogP) is 7.26. The van der Waals surface area contributed by atoms with E-state index in [1.807, 2.05) is 12.1 Å². The van der Waals surface area contributed by atoms with Crippen molar-refractivity contribution in [3.05, 3.63) is 24.3 Å². The monoisotopic (exact) mass is 562 g/mol. The van der Waals surface area contributed by atoms with Crippen molar-refractivity contribution >= 4 is 67.8 Å². The fourth-order valence-electron chi connectivity index (χ4n) is 3.08. The summed E-state index contributed by atoms with van der Waals surface area (Å²) >= 11 is 0. The van der Waals surface area contributed by atoms with E-state index in [1.54, 1.807) is 7.11 Å². The van der Waals surface area contributed by atoms with Crippen LogP contribution in [0.15, 0.2) is 29.4 Å². The molecule has 138 valence electrons. The normalized spacial score (nSPS) is 28.8. The molecule has 2 atom stereocenters. The van der Waals surface area contributed by atoms with Gasteiger partial charge in [0, 0.05) is 25.0 Å². The van der Waals surface area contributed by atoms with Crippen LogP contribution in [0.25, 0.3) is 0 Å². The van der Waals surface area contributed by atoms with E-state index in [4.69, 9.17) is 62.8 Å². The van der Waals surface area contributed by atoms with E-state index in [0.29, 0.717) is 6.04 Å². The number of nitrogens with zero attached hydrogens (tertiary/aromatic N) is 2. The molecule has 0 radical (unpaired) electrons. The molecule has 3 nitrogen and oxygen atoms in total. The molecule has 1 aromatic carbocycles. The second-order valence-electron chi connectivity index (χ2n) is 6.35. The molecule has 1 aliphatic carbocycles. The quantitative estimate of drug-likeness (QED) is 0.274. The molecule has 0 unspecified atom stereocenters. The fourth-order valence-corrected chi connectivity index (χ4v) is 3.08. The van der Waals surface area contributed by atoms with Crippen LogP contribution in [0.3, 0.4) is 0 Å². The Morgan fingerprint density at radius 2 is 1.67 bits per heavy atom. The molecule has 10 heteroatoms. The minimum absolute atomic E-state index is 0.183. The van der Waals surface area contributed by atoms with Crippen molar-refractivity contribution in [2.24, 2.45) is 5.11 Å². The number of halogens is 6. The SMILES string of the molecule is COc1ccc([N+]2=N[C@@]3(C)CCC[C@@H]2C3)cc1.[Cl][Sb-]([Cl])([Cl])([Cl])([Cl])[Cl]. The maximum atomic E-state index is 5.19. The van der Waals surface area contributed by atoms with E-state index in [0.717, 1.165) is 5.75 Å². The zero-order chi connectivity index (χ0) is 18.3. The van der Waals surface area contributed by atoms with Crippen LogP contribution in [0.5, 0.6) is 5.75 Å². The number of benzene rings is 1. The first kappa shape index (κ1) is 21.5. The van der Waals surface area contributed by atoms with Crippen molar-refractivity contribution < 1.29 is 9.43 Å². The van der Waals surface area contributed by atoms with Gasteiger partial charge in [0.1, 0.15) is 11.3 Å². The molecule has 2 bridgehead atoms. The zero-order valence-electron chi connectivity index (χ0n) is 13.2. The van der Waals surface area contributed by atoms with Crippen LogP contribution in [-0.4, -0.2) is 32.5 Å². The van der Waals surface area contributed by atoms with Crippen LogP contribution in [-0.2, 0) is 0 Å². The summed E-state index contributed by atoms with van der Waals surface area (Å²) in [6, 6.07) is 8.83. The Kier molecular flexibility index (Phi) is 5.96. The molecule has 0 amide bonds. The number of hydrogen-bond donors (Lipinski definition) is 0. The molecule has 1 fully saturated rings. The Morgan fingerprint density at radius 1 is 1.12 bits per heavy atom. The van der Waals surface area contributed by atoms with Gasteiger partial charge in [-0.05, 0) is 37.0 Å². The van der Waals surface area contributed by atoms with Gasteiger partial charge in [-0.15, -0.1) is 0 Å².